The Morgan fingerprint density at radius 1 is 0.591 bits per heavy atom. The summed E-state index contributed by atoms with van der Waals surface area (Å²) in [7, 11) is 1.72. The molecule has 0 bridgehead atoms. The molecule has 22 heavy (non-hydrogen) atoms. The molecule has 0 radical (unpaired) electrons. The molecule has 0 heterocycles. The Hall–Kier alpha value is -0.530. The van der Waals surface area contributed by atoms with Gasteiger partial charge in [-0.3, -0.25) is 4.79 Å². The maximum absolute atomic E-state index is 11.0. The van der Waals surface area contributed by atoms with Crippen LogP contribution in [0.3, 0.4) is 0 Å². The summed E-state index contributed by atoms with van der Waals surface area (Å²) in [4.78, 5) is 11.0. The molecule has 132 valence electrons. The summed E-state index contributed by atoms with van der Waals surface area (Å²) in [5.41, 5.74) is 0. The fourth-order valence-corrected chi connectivity index (χ4v) is 2.96. The summed E-state index contributed by atoms with van der Waals surface area (Å²) in [5.74, 6) is 0.186. The first-order valence-electron chi connectivity index (χ1n) is 10.0. The zero-order valence-corrected chi connectivity index (χ0v) is 15.4. The SMILES string of the molecule is CCCCCCCCCCCCCCCCCCC(=O)NC. The van der Waals surface area contributed by atoms with Crippen LogP contribution in [0.2, 0.25) is 0 Å². The zero-order chi connectivity index (χ0) is 16.3. The molecule has 0 aromatic rings. The van der Waals surface area contributed by atoms with E-state index in [9.17, 15) is 4.79 Å². The molecule has 0 aliphatic rings. The third kappa shape index (κ3) is 17.5. The number of unbranched alkanes of at least 4 members (excludes halogenated alkanes) is 15. The molecule has 2 heteroatoms. The van der Waals surface area contributed by atoms with Gasteiger partial charge < -0.3 is 5.32 Å². The van der Waals surface area contributed by atoms with Crippen molar-refractivity contribution in [1.82, 2.24) is 5.32 Å². The molecule has 0 spiro atoms. The molecule has 1 N–H and O–H groups in total. The van der Waals surface area contributed by atoms with Gasteiger partial charge in [-0.2, -0.15) is 0 Å². The van der Waals surface area contributed by atoms with Crippen molar-refractivity contribution < 1.29 is 4.79 Å². The molecule has 0 aliphatic heterocycles. The molecule has 0 aromatic carbocycles. The molecule has 0 atom stereocenters. The van der Waals surface area contributed by atoms with E-state index in [0.29, 0.717) is 6.42 Å². The summed E-state index contributed by atoms with van der Waals surface area (Å²) in [6.45, 7) is 2.28. The van der Waals surface area contributed by atoms with Crippen molar-refractivity contribution >= 4 is 5.91 Å². The van der Waals surface area contributed by atoms with Gasteiger partial charge in [0, 0.05) is 13.5 Å². The number of amides is 1. The molecule has 0 unspecified atom stereocenters. The number of hydrogen-bond acceptors (Lipinski definition) is 1. The highest BCUT2D eigenvalue weighted by atomic mass is 16.1. The van der Waals surface area contributed by atoms with Crippen LogP contribution in [0.15, 0.2) is 0 Å². The van der Waals surface area contributed by atoms with E-state index in [4.69, 9.17) is 0 Å². The zero-order valence-electron chi connectivity index (χ0n) is 15.4. The minimum atomic E-state index is 0.186. The van der Waals surface area contributed by atoms with Crippen LogP contribution in [-0.4, -0.2) is 13.0 Å². The third-order valence-corrected chi connectivity index (χ3v) is 4.54. The largest absolute Gasteiger partial charge is 0.359 e. The molecule has 2 nitrogen and oxygen atoms in total. The average Bonchev–Trinajstić information content (AvgIpc) is 2.54. The standard InChI is InChI=1S/C20H41NO/c1-3-4-5-6-7-8-9-10-11-12-13-14-15-16-17-18-19-20(22)21-2/h3-19H2,1-2H3,(H,21,22). The maximum atomic E-state index is 11.0. The Morgan fingerprint density at radius 3 is 1.23 bits per heavy atom. The van der Waals surface area contributed by atoms with Gasteiger partial charge >= 0.3 is 0 Å². The van der Waals surface area contributed by atoms with E-state index in [2.05, 4.69) is 12.2 Å². The molecule has 0 saturated carbocycles. The summed E-state index contributed by atoms with van der Waals surface area (Å²) < 4.78 is 0. The lowest BCUT2D eigenvalue weighted by Crippen LogP contribution is -2.16. The minimum Gasteiger partial charge on any atom is -0.359 e. The minimum absolute atomic E-state index is 0.186. The monoisotopic (exact) mass is 311 g/mol. The average molecular weight is 312 g/mol. The Balaban J connectivity index is 2.98. The molecular formula is C20H41NO. The lowest BCUT2D eigenvalue weighted by atomic mass is 10.0. The van der Waals surface area contributed by atoms with Gasteiger partial charge in [0.25, 0.3) is 0 Å². The molecule has 0 aliphatic carbocycles. The van der Waals surface area contributed by atoms with Crippen molar-refractivity contribution in [3.05, 3.63) is 0 Å². The summed E-state index contributed by atoms with van der Waals surface area (Å²) >= 11 is 0. The van der Waals surface area contributed by atoms with Gasteiger partial charge in [0.1, 0.15) is 0 Å². The van der Waals surface area contributed by atoms with Gasteiger partial charge in [-0.1, -0.05) is 103 Å². The fourth-order valence-electron chi connectivity index (χ4n) is 2.96. The lowest BCUT2D eigenvalue weighted by Gasteiger charge is -2.03. The Kier molecular flexibility index (Phi) is 18.1. The Bertz CT molecular complexity index is 228. The predicted octanol–water partition coefficient (Wildman–Crippen LogP) is 6.38. The summed E-state index contributed by atoms with van der Waals surface area (Å²) in [5, 5.41) is 2.68. The van der Waals surface area contributed by atoms with Gasteiger partial charge in [-0.05, 0) is 6.42 Å². The smallest absolute Gasteiger partial charge is 0.219 e. The van der Waals surface area contributed by atoms with Crippen LogP contribution >= 0.6 is 0 Å². The van der Waals surface area contributed by atoms with Gasteiger partial charge in [-0.15, -0.1) is 0 Å². The van der Waals surface area contributed by atoms with Crippen LogP contribution in [-0.2, 0) is 4.79 Å². The van der Waals surface area contributed by atoms with E-state index < -0.39 is 0 Å². The molecule has 0 rings (SSSR count). The first kappa shape index (κ1) is 21.5. The van der Waals surface area contributed by atoms with Crippen LogP contribution < -0.4 is 5.32 Å². The second kappa shape index (κ2) is 18.5. The van der Waals surface area contributed by atoms with Crippen molar-refractivity contribution in [2.45, 2.75) is 116 Å². The fraction of sp³-hybridized carbons (Fsp3) is 0.950. The topological polar surface area (TPSA) is 29.1 Å². The van der Waals surface area contributed by atoms with Crippen LogP contribution in [0.4, 0.5) is 0 Å². The van der Waals surface area contributed by atoms with Crippen molar-refractivity contribution in [2.24, 2.45) is 0 Å². The highest BCUT2D eigenvalue weighted by molar-refractivity contribution is 5.75. The van der Waals surface area contributed by atoms with Crippen LogP contribution in [0.5, 0.6) is 0 Å². The highest BCUT2D eigenvalue weighted by Crippen LogP contribution is 2.13. The van der Waals surface area contributed by atoms with Gasteiger partial charge in [0.15, 0.2) is 0 Å². The normalized spacial score (nSPS) is 10.8. The Labute approximate surface area is 139 Å². The van der Waals surface area contributed by atoms with Crippen LogP contribution in [0.1, 0.15) is 116 Å². The maximum Gasteiger partial charge on any atom is 0.219 e. The van der Waals surface area contributed by atoms with Crippen molar-refractivity contribution in [1.29, 1.82) is 0 Å². The van der Waals surface area contributed by atoms with Crippen LogP contribution in [0, 0.1) is 0 Å². The highest BCUT2D eigenvalue weighted by Gasteiger charge is 1.97. The summed E-state index contributed by atoms with van der Waals surface area (Å²) in [6.07, 6.45) is 22.8. The van der Waals surface area contributed by atoms with Crippen molar-refractivity contribution in [2.75, 3.05) is 7.05 Å². The van der Waals surface area contributed by atoms with E-state index in [1.165, 1.54) is 96.3 Å². The summed E-state index contributed by atoms with van der Waals surface area (Å²) in [6, 6.07) is 0. The molecular weight excluding hydrogens is 270 g/mol. The number of rotatable bonds is 17. The number of carbonyl (C=O) groups is 1. The lowest BCUT2D eigenvalue weighted by molar-refractivity contribution is -0.120. The van der Waals surface area contributed by atoms with Crippen LogP contribution in [0.25, 0.3) is 0 Å². The molecule has 0 saturated heterocycles. The Morgan fingerprint density at radius 2 is 0.909 bits per heavy atom. The number of nitrogens with one attached hydrogen (secondary N) is 1. The molecule has 1 amide bonds. The van der Waals surface area contributed by atoms with E-state index in [0.717, 1.165) is 6.42 Å². The predicted molar refractivity (Wildman–Crippen MR) is 98.2 cm³/mol. The first-order chi connectivity index (χ1) is 10.8. The second-order valence-corrected chi connectivity index (χ2v) is 6.73. The van der Waals surface area contributed by atoms with Gasteiger partial charge in [0.2, 0.25) is 5.91 Å². The van der Waals surface area contributed by atoms with Gasteiger partial charge in [0.05, 0.1) is 0 Å². The van der Waals surface area contributed by atoms with Crippen molar-refractivity contribution in [3.8, 4) is 0 Å². The van der Waals surface area contributed by atoms with E-state index in [1.807, 2.05) is 0 Å². The third-order valence-electron chi connectivity index (χ3n) is 4.54. The number of carbonyl (C=O) groups excluding carboxylic acids is 1. The first-order valence-corrected chi connectivity index (χ1v) is 10.0. The van der Waals surface area contributed by atoms with E-state index in [-0.39, 0.29) is 5.91 Å². The second-order valence-electron chi connectivity index (χ2n) is 6.73. The molecule has 0 fully saturated rings. The van der Waals surface area contributed by atoms with E-state index >= 15 is 0 Å². The quantitative estimate of drug-likeness (QED) is 0.310. The number of hydrogen-bond donors (Lipinski definition) is 1. The molecule has 0 aromatic heterocycles. The van der Waals surface area contributed by atoms with Gasteiger partial charge in [-0.25, -0.2) is 0 Å². The van der Waals surface area contributed by atoms with E-state index in [1.54, 1.807) is 7.05 Å². The van der Waals surface area contributed by atoms with Crippen molar-refractivity contribution in [3.63, 3.8) is 0 Å².